The number of benzene rings is 1. The van der Waals surface area contributed by atoms with Crippen LogP contribution in [0.2, 0.25) is 0 Å². The molecule has 3 amide bonds. The molecule has 0 aliphatic carbocycles. The Kier molecular flexibility index (Phi) is 7.40. The van der Waals surface area contributed by atoms with E-state index in [4.69, 9.17) is 5.73 Å². The highest BCUT2D eigenvalue weighted by Gasteiger charge is 2.23. The van der Waals surface area contributed by atoms with Gasteiger partial charge in [-0.25, -0.2) is 0 Å². The number of carbonyl (C=O) groups excluding carboxylic acids is 3. The Balaban J connectivity index is 1.65. The van der Waals surface area contributed by atoms with E-state index in [0.29, 0.717) is 5.92 Å². The molecular formula is C18H26N4O3. The number of piperidine rings is 1. The fourth-order valence-corrected chi connectivity index (χ4v) is 2.93. The highest BCUT2D eigenvalue weighted by molar-refractivity contribution is 5.88. The van der Waals surface area contributed by atoms with Crippen LogP contribution in [0.4, 0.5) is 0 Å². The minimum Gasteiger partial charge on any atom is -0.346 e. The molecule has 0 aromatic heterocycles. The van der Waals surface area contributed by atoms with Gasteiger partial charge in [0.1, 0.15) is 0 Å². The summed E-state index contributed by atoms with van der Waals surface area (Å²) in [7, 11) is 0. The molecule has 1 aromatic rings. The van der Waals surface area contributed by atoms with Crippen molar-refractivity contribution < 1.29 is 14.4 Å². The Morgan fingerprint density at radius 3 is 2.28 bits per heavy atom. The molecule has 0 unspecified atom stereocenters. The second-order valence-electron chi connectivity index (χ2n) is 6.27. The minimum atomic E-state index is -0.401. The van der Waals surface area contributed by atoms with E-state index in [9.17, 15) is 14.4 Å². The van der Waals surface area contributed by atoms with Crippen LogP contribution >= 0.6 is 0 Å². The predicted molar refractivity (Wildman–Crippen MR) is 94.5 cm³/mol. The molecule has 4 N–H and O–H groups in total. The van der Waals surface area contributed by atoms with Gasteiger partial charge < -0.3 is 21.3 Å². The number of nitrogens with zero attached hydrogens (tertiary/aromatic N) is 1. The first-order chi connectivity index (χ1) is 12.1. The lowest BCUT2D eigenvalue weighted by Crippen LogP contribution is -2.46. The summed E-state index contributed by atoms with van der Waals surface area (Å²) < 4.78 is 0. The number of nitrogens with one attached hydrogen (secondary N) is 2. The van der Waals surface area contributed by atoms with Crippen LogP contribution in [-0.4, -0.2) is 55.3 Å². The molecule has 25 heavy (non-hydrogen) atoms. The zero-order valence-corrected chi connectivity index (χ0v) is 14.4. The van der Waals surface area contributed by atoms with Gasteiger partial charge in [-0.2, -0.15) is 0 Å². The van der Waals surface area contributed by atoms with E-state index in [0.717, 1.165) is 32.4 Å². The van der Waals surface area contributed by atoms with Crippen LogP contribution in [0, 0.1) is 5.92 Å². The van der Waals surface area contributed by atoms with Crippen LogP contribution in [0.3, 0.4) is 0 Å². The first-order valence-electron chi connectivity index (χ1n) is 8.63. The summed E-state index contributed by atoms with van der Waals surface area (Å²) in [4.78, 5) is 36.5. The van der Waals surface area contributed by atoms with Crippen molar-refractivity contribution in [2.24, 2.45) is 11.7 Å². The topological polar surface area (TPSA) is 105 Å². The van der Waals surface area contributed by atoms with Gasteiger partial charge in [0.2, 0.25) is 17.7 Å². The lowest BCUT2D eigenvalue weighted by atomic mass is 9.90. The van der Waals surface area contributed by atoms with Gasteiger partial charge in [0, 0.05) is 13.1 Å². The van der Waals surface area contributed by atoms with Crippen molar-refractivity contribution in [3.8, 4) is 0 Å². The van der Waals surface area contributed by atoms with E-state index in [1.807, 2.05) is 18.2 Å². The molecule has 0 spiro atoms. The van der Waals surface area contributed by atoms with Crippen molar-refractivity contribution in [1.82, 2.24) is 15.5 Å². The molecule has 1 aromatic carbocycles. The Bertz CT molecular complexity index is 583. The first kappa shape index (κ1) is 18.9. The quantitative estimate of drug-likeness (QED) is 0.628. The second-order valence-corrected chi connectivity index (χ2v) is 6.27. The van der Waals surface area contributed by atoms with E-state index < -0.39 is 11.8 Å². The van der Waals surface area contributed by atoms with Crippen molar-refractivity contribution in [2.45, 2.75) is 19.3 Å². The van der Waals surface area contributed by atoms with E-state index >= 15 is 0 Å². The first-order valence-corrected chi connectivity index (χ1v) is 8.63. The van der Waals surface area contributed by atoms with Gasteiger partial charge in [-0.3, -0.25) is 14.4 Å². The van der Waals surface area contributed by atoms with Crippen molar-refractivity contribution in [1.29, 1.82) is 0 Å². The number of likely N-dealkylation sites (tertiary alicyclic amines) is 1. The summed E-state index contributed by atoms with van der Waals surface area (Å²) in [5.74, 6) is -0.291. The number of amides is 3. The zero-order valence-electron chi connectivity index (χ0n) is 14.4. The van der Waals surface area contributed by atoms with Crippen LogP contribution in [0.5, 0.6) is 0 Å². The van der Waals surface area contributed by atoms with Crippen molar-refractivity contribution in [3.05, 3.63) is 35.9 Å². The maximum Gasteiger partial charge on any atom is 0.241 e. The minimum absolute atomic E-state index is 0.0410. The zero-order chi connectivity index (χ0) is 18.1. The van der Waals surface area contributed by atoms with Crippen LogP contribution in [0.15, 0.2) is 30.3 Å². The molecule has 0 bridgehead atoms. The second kappa shape index (κ2) is 9.78. The molecule has 0 atom stereocenters. The monoisotopic (exact) mass is 346 g/mol. The number of hydrogen-bond acceptors (Lipinski definition) is 4. The number of nitrogens with two attached hydrogens (primary N) is 1. The van der Waals surface area contributed by atoms with E-state index in [2.05, 4.69) is 22.8 Å². The average Bonchev–Trinajstić information content (AvgIpc) is 2.65. The maximum absolute atomic E-state index is 12.2. The Morgan fingerprint density at radius 2 is 1.64 bits per heavy atom. The molecule has 1 aliphatic heterocycles. The third kappa shape index (κ3) is 6.54. The molecule has 0 radical (unpaired) electrons. The Morgan fingerprint density at radius 1 is 1.00 bits per heavy atom. The smallest absolute Gasteiger partial charge is 0.241 e. The molecule has 1 saturated heterocycles. The summed E-state index contributed by atoms with van der Waals surface area (Å²) in [5, 5.41) is 4.89. The number of hydrogen-bond donors (Lipinski definition) is 3. The lowest BCUT2D eigenvalue weighted by Gasteiger charge is -2.32. The number of carbonyl (C=O) groups is 3. The summed E-state index contributed by atoms with van der Waals surface area (Å²) in [6, 6.07) is 10.4. The highest BCUT2D eigenvalue weighted by atomic mass is 16.2. The van der Waals surface area contributed by atoms with Gasteiger partial charge in [-0.05, 0) is 30.7 Å². The standard InChI is InChI=1S/C18H26N4O3/c19-11-16(23)20-12-17(24)21-13-18(25)22-8-6-15(7-9-22)10-14-4-2-1-3-5-14/h1-5,15H,6-13,19H2,(H,20,23)(H,21,24). The highest BCUT2D eigenvalue weighted by Crippen LogP contribution is 2.21. The van der Waals surface area contributed by atoms with Crippen molar-refractivity contribution in [3.63, 3.8) is 0 Å². The molecule has 7 heteroatoms. The van der Waals surface area contributed by atoms with Crippen LogP contribution in [0.1, 0.15) is 18.4 Å². The molecule has 7 nitrogen and oxygen atoms in total. The molecular weight excluding hydrogens is 320 g/mol. The Hall–Kier alpha value is -2.41. The molecule has 1 aliphatic rings. The van der Waals surface area contributed by atoms with Gasteiger partial charge in [0.05, 0.1) is 19.6 Å². The van der Waals surface area contributed by atoms with Crippen molar-refractivity contribution >= 4 is 17.7 Å². The van der Waals surface area contributed by atoms with E-state index in [1.165, 1.54) is 5.56 Å². The molecule has 136 valence electrons. The molecule has 2 rings (SSSR count). The molecule has 1 heterocycles. The predicted octanol–water partition coefficient (Wildman–Crippen LogP) is -0.341. The Labute approximate surface area is 147 Å². The lowest BCUT2D eigenvalue weighted by molar-refractivity contribution is -0.134. The summed E-state index contributed by atoms with van der Waals surface area (Å²) in [6.07, 6.45) is 2.99. The molecule has 0 saturated carbocycles. The third-order valence-corrected chi connectivity index (χ3v) is 4.40. The summed E-state index contributed by atoms with van der Waals surface area (Å²) >= 11 is 0. The average molecular weight is 346 g/mol. The SMILES string of the molecule is NCC(=O)NCC(=O)NCC(=O)N1CCC(Cc2ccccc2)CC1. The summed E-state index contributed by atoms with van der Waals surface area (Å²) in [6.45, 7) is 1.07. The molecule has 1 fully saturated rings. The number of rotatable bonds is 7. The fourth-order valence-electron chi connectivity index (χ4n) is 2.93. The van der Waals surface area contributed by atoms with Crippen LogP contribution in [-0.2, 0) is 20.8 Å². The van der Waals surface area contributed by atoms with Crippen LogP contribution in [0.25, 0.3) is 0 Å². The van der Waals surface area contributed by atoms with Gasteiger partial charge in [0.25, 0.3) is 0 Å². The van der Waals surface area contributed by atoms with Crippen LogP contribution < -0.4 is 16.4 Å². The fraction of sp³-hybridized carbons (Fsp3) is 0.500. The van der Waals surface area contributed by atoms with Crippen molar-refractivity contribution in [2.75, 3.05) is 32.7 Å². The van der Waals surface area contributed by atoms with Gasteiger partial charge in [-0.15, -0.1) is 0 Å². The maximum atomic E-state index is 12.2. The van der Waals surface area contributed by atoms with E-state index in [-0.39, 0.29) is 25.5 Å². The summed E-state index contributed by atoms with van der Waals surface area (Å²) in [5.41, 5.74) is 6.47. The van der Waals surface area contributed by atoms with Gasteiger partial charge >= 0.3 is 0 Å². The van der Waals surface area contributed by atoms with Gasteiger partial charge in [-0.1, -0.05) is 30.3 Å². The largest absolute Gasteiger partial charge is 0.346 e. The third-order valence-electron chi connectivity index (χ3n) is 4.40. The van der Waals surface area contributed by atoms with Gasteiger partial charge in [0.15, 0.2) is 0 Å². The van der Waals surface area contributed by atoms with E-state index in [1.54, 1.807) is 4.90 Å². The normalized spacial score (nSPS) is 14.8.